The van der Waals surface area contributed by atoms with Crippen molar-refractivity contribution in [1.82, 2.24) is 14.8 Å². The highest BCUT2D eigenvalue weighted by Gasteiger charge is 2.20. The van der Waals surface area contributed by atoms with E-state index in [-0.39, 0.29) is 11.1 Å². The number of primary amides is 1. The Morgan fingerprint density at radius 3 is 2.40 bits per heavy atom. The van der Waals surface area contributed by atoms with Crippen molar-refractivity contribution in [2.75, 3.05) is 33.9 Å². The average Bonchev–Trinajstić information content (AvgIpc) is 2.87. The number of rotatable bonds is 10. The Balaban J connectivity index is 1.37. The molecule has 0 atom stereocenters. The number of hydrogen-bond donors (Lipinski definition) is 2. The summed E-state index contributed by atoms with van der Waals surface area (Å²) in [7, 11) is 3.31. The lowest BCUT2D eigenvalue weighted by Gasteiger charge is -2.32. The van der Waals surface area contributed by atoms with Gasteiger partial charge in [-0.1, -0.05) is 24.3 Å². The summed E-state index contributed by atoms with van der Waals surface area (Å²) in [4.78, 5) is 27.2. The van der Waals surface area contributed by atoms with E-state index in [1.54, 1.807) is 18.8 Å². The van der Waals surface area contributed by atoms with Crippen LogP contribution in [0.1, 0.15) is 34.3 Å². The molecule has 35 heavy (non-hydrogen) atoms. The molecule has 1 fully saturated rings. The topological polar surface area (TPSA) is 98.8 Å². The van der Waals surface area contributed by atoms with Crippen LogP contribution in [0.25, 0.3) is 10.9 Å². The van der Waals surface area contributed by atoms with Crippen molar-refractivity contribution in [3.8, 4) is 5.75 Å². The highest BCUT2D eigenvalue weighted by Crippen LogP contribution is 2.20. The summed E-state index contributed by atoms with van der Waals surface area (Å²) >= 11 is 0. The molecule has 1 aliphatic rings. The molecule has 1 aromatic heterocycles. The number of amides is 1. The van der Waals surface area contributed by atoms with E-state index in [1.807, 2.05) is 30.3 Å². The van der Waals surface area contributed by atoms with Gasteiger partial charge in [-0.3, -0.25) is 9.59 Å². The van der Waals surface area contributed by atoms with Gasteiger partial charge in [0.05, 0.1) is 24.8 Å². The van der Waals surface area contributed by atoms with Crippen molar-refractivity contribution < 1.29 is 14.3 Å². The predicted molar refractivity (Wildman–Crippen MR) is 137 cm³/mol. The van der Waals surface area contributed by atoms with Gasteiger partial charge in [-0.25, -0.2) is 0 Å². The number of likely N-dealkylation sites (tertiary alicyclic amines) is 1. The number of hydrogen-bond acceptors (Lipinski definition) is 6. The Morgan fingerprint density at radius 1 is 1.03 bits per heavy atom. The van der Waals surface area contributed by atoms with Crippen LogP contribution >= 0.6 is 0 Å². The van der Waals surface area contributed by atoms with E-state index in [0.717, 1.165) is 55.9 Å². The van der Waals surface area contributed by atoms with Crippen molar-refractivity contribution >= 4 is 16.8 Å². The SMILES string of the molecule is COCc1ccc2c(C(N)=O)cc(=O)n(CCN3CCC(NCc4ccc(OC)cc4)CC3)c2c1. The monoisotopic (exact) mass is 478 g/mol. The first-order valence-electron chi connectivity index (χ1n) is 12.0. The van der Waals surface area contributed by atoms with E-state index in [2.05, 4.69) is 22.3 Å². The number of piperidine rings is 1. The second kappa shape index (κ2) is 11.5. The lowest BCUT2D eigenvalue weighted by atomic mass is 10.0. The number of ether oxygens (including phenoxy) is 2. The number of aromatic nitrogens is 1. The van der Waals surface area contributed by atoms with Gasteiger partial charge in [0.2, 0.25) is 5.91 Å². The molecular formula is C27H34N4O4. The summed E-state index contributed by atoms with van der Waals surface area (Å²) in [5.41, 5.74) is 8.49. The second-order valence-corrected chi connectivity index (χ2v) is 9.04. The Kier molecular flexibility index (Phi) is 8.17. The molecule has 0 radical (unpaired) electrons. The number of carbonyl (C=O) groups is 1. The van der Waals surface area contributed by atoms with Crippen LogP contribution in [-0.2, 0) is 24.4 Å². The Labute approximate surface area is 205 Å². The Bertz CT molecular complexity index is 1210. The van der Waals surface area contributed by atoms with Crippen LogP contribution in [0.3, 0.4) is 0 Å². The number of fused-ring (bicyclic) bond motifs is 1. The molecule has 1 aliphatic heterocycles. The minimum Gasteiger partial charge on any atom is -0.497 e. The average molecular weight is 479 g/mol. The van der Waals surface area contributed by atoms with Crippen LogP contribution < -0.4 is 21.3 Å². The molecule has 3 aromatic rings. The maximum Gasteiger partial charge on any atom is 0.251 e. The lowest BCUT2D eigenvalue weighted by molar-refractivity contribution is 0.100. The van der Waals surface area contributed by atoms with Crippen LogP contribution in [0.4, 0.5) is 0 Å². The smallest absolute Gasteiger partial charge is 0.251 e. The molecule has 4 rings (SSSR count). The van der Waals surface area contributed by atoms with Crippen molar-refractivity contribution in [2.45, 2.75) is 38.6 Å². The van der Waals surface area contributed by atoms with Crippen LogP contribution in [0.5, 0.6) is 5.75 Å². The van der Waals surface area contributed by atoms with Gasteiger partial charge in [-0.15, -0.1) is 0 Å². The van der Waals surface area contributed by atoms with Gasteiger partial charge in [0.1, 0.15) is 5.75 Å². The molecule has 0 bridgehead atoms. The summed E-state index contributed by atoms with van der Waals surface area (Å²) in [6, 6.07) is 15.6. The number of methoxy groups -OCH3 is 2. The molecule has 0 aliphatic carbocycles. The van der Waals surface area contributed by atoms with Crippen molar-refractivity contribution in [3.05, 3.63) is 75.6 Å². The molecule has 2 heterocycles. The molecule has 3 N–H and O–H groups in total. The zero-order valence-electron chi connectivity index (χ0n) is 20.5. The third kappa shape index (κ3) is 6.08. The molecule has 0 unspecified atom stereocenters. The fourth-order valence-corrected chi connectivity index (χ4v) is 4.72. The Hall–Kier alpha value is -3.20. The molecule has 186 valence electrons. The van der Waals surface area contributed by atoms with Gasteiger partial charge in [0.25, 0.3) is 5.56 Å². The fraction of sp³-hybridized carbons (Fsp3) is 0.407. The molecule has 1 amide bonds. The molecule has 0 spiro atoms. The van der Waals surface area contributed by atoms with E-state index in [0.29, 0.717) is 24.6 Å². The first kappa shape index (κ1) is 24.9. The van der Waals surface area contributed by atoms with E-state index in [9.17, 15) is 9.59 Å². The fourth-order valence-electron chi connectivity index (χ4n) is 4.72. The molecule has 1 saturated heterocycles. The number of carbonyl (C=O) groups excluding carboxylic acids is 1. The minimum atomic E-state index is -0.594. The zero-order valence-corrected chi connectivity index (χ0v) is 20.5. The quantitative estimate of drug-likeness (QED) is 0.465. The first-order valence-corrected chi connectivity index (χ1v) is 12.0. The number of nitrogens with zero attached hydrogens (tertiary/aromatic N) is 2. The number of nitrogens with one attached hydrogen (secondary N) is 1. The number of pyridine rings is 1. The largest absolute Gasteiger partial charge is 0.497 e. The third-order valence-corrected chi connectivity index (χ3v) is 6.73. The predicted octanol–water partition coefficient (Wildman–Crippen LogP) is 2.51. The van der Waals surface area contributed by atoms with E-state index in [1.165, 1.54) is 11.6 Å². The van der Waals surface area contributed by atoms with Crippen molar-refractivity contribution in [3.63, 3.8) is 0 Å². The molecular weight excluding hydrogens is 444 g/mol. The van der Waals surface area contributed by atoms with Crippen molar-refractivity contribution in [2.24, 2.45) is 5.73 Å². The van der Waals surface area contributed by atoms with Crippen LogP contribution in [0.2, 0.25) is 0 Å². The lowest BCUT2D eigenvalue weighted by Crippen LogP contribution is -2.43. The van der Waals surface area contributed by atoms with Gasteiger partial charge in [-0.2, -0.15) is 0 Å². The third-order valence-electron chi connectivity index (χ3n) is 6.73. The van der Waals surface area contributed by atoms with Gasteiger partial charge in [0, 0.05) is 44.2 Å². The van der Waals surface area contributed by atoms with Gasteiger partial charge >= 0.3 is 0 Å². The van der Waals surface area contributed by atoms with Gasteiger partial charge in [0.15, 0.2) is 0 Å². The molecule has 8 heteroatoms. The summed E-state index contributed by atoms with van der Waals surface area (Å²) in [6.07, 6.45) is 2.12. The van der Waals surface area contributed by atoms with Crippen LogP contribution in [0.15, 0.2) is 53.3 Å². The molecule has 8 nitrogen and oxygen atoms in total. The highest BCUT2D eigenvalue weighted by atomic mass is 16.5. The summed E-state index contributed by atoms with van der Waals surface area (Å²) < 4.78 is 12.2. The normalized spacial score (nSPS) is 14.9. The van der Waals surface area contributed by atoms with E-state index < -0.39 is 5.91 Å². The molecule has 0 saturated carbocycles. The van der Waals surface area contributed by atoms with E-state index in [4.69, 9.17) is 15.2 Å². The van der Waals surface area contributed by atoms with E-state index >= 15 is 0 Å². The Morgan fingerprint density at radius 2 is 1.74 bits per heavy atom. The highest BCUT2D eigenvalue weighted by molar-refractivity contribution is 6.05. The number of benzene rings is 2. The first-order chi connectivity index (χ1) is 17.0. The standard InChI is InChI=1S/C27H34N4O4/c1-34-18-20-5-8-23-24(27(28)33)16-26(32)31(25(23)15-20)14-13-30-11-9-21(10-12-30)29-17-19-3-6-22(35-2)7-4-19/h3-8,15-16,21,29H,9-14,17-18H2,1-2H3,(H2,28,33). The summed E-state index contributed by atoms with van der Waals surface area (Å²) in [5.74, 6) is 0.274. The van der Waals surface area contributed by atoms with Crippen LogP contribution in [0, 0.1) is 0 Å². The second-order valence-electron chi connectivity index (χ2n) is 9.04. The van der Waals surface area contributed by atoms with Gasteiger partial charge < -0.3 is 30.0 Å². The van der Waals surface area contributed by atoms with Crippen molar-refractivity contribution in [1.29, 1.82) is 0 Å². The maximum atomic E-state index is 12.9. The number of nitrogens with two attached hydrogens (primary N) is 1. The summed E-state index contributed by atoms with van der Waals surface area (Å²) in [5, 5.41) is 4.35. The van der Waals surface area contributed by atoms with Crippen LogP contribution in [-0.4, -0.2) is 55.3 Å². The maximum absolute atomic E-state index is 12.9. The minimum absolute atomic E-state index is 0.211. The zero-order chi connectivity index (χ0) is 24.8. The summed E-state index contributed by atoms with van der Waals surface area (Å²) in [6.45, 7) is 4.54. The molecule has 2 aromatic carbocycles. The van der Waals surface area contributed by atoms with Gasteiger partial charge in [-0.05, 0) is 55.3 Å².